The van der Waals surface area contributed by atoms with Crippen LogP contribution in [0.2, 0.25) is 10.0 Å². The number of benzene rings is 2. The number of amides is 1. The Kier molecular flexibility index (Phi) is 6.67. The lowest BCUT2D eigenvalue weighted by Crippen LogP contribution is -2.32. The van der Waals surface area contributed by atoms with Crippen LogP contribution in [0.5, 0.6) is 5.75 Å². The van der Waals surface area contributed by atoms with Crippen molar-refractivity contribution in [2.75, 3.05) is 12.4 Å². The maximum atomic E-state index is 12.6. The Morgan fingerprint density at radius 1 is 1.20 bits per heavy atom. The number of aliphatic carboxylic acids is 1. The molecule has 0 radical (unpaired) electrons. The van der Waals surface area contributed by atoms with E-state index in [9.17, 15) is 14.7 Å². The van der Waals surface area contributed by atoms with E-state index in [0.717, 1.165) is 5.56 Å². The highest BCUT2D eigenvalue weighted by molar-refractivity contribution is 6.35. The van der Waals surface area contributed by atoms with Crippen molar-refractivity contribution in [2.45, 2.75) is 12.8 Å². The molecule has 0 spiro atoms. The number of nitrogens with one attached hydrogen (secondary N) is 1. The standard InChI is InChI=1S/C18H17Cl2NO4/c1-25-16-5-3-2-4-11(16)8-12(9-17(22)23)18(24)21-15-10-13(19)6-7-14(15)20/h2-7,10,12H,8-9H2,1H3,(H,21,24)(H,22,23)/p-1/t12-/m1/s1. The molecule has 0 saturated heterocycles. The average Bonchev–Trinajstić information content (AvgIpc) is 2.57. The summed E-state index contributed by atoms with van der Waals surface area (Å²) in [6.07, 6.45) is -0.246. The van der Waals surface area contributed by atoms with Crippen LogP contribution in [-0.4, -0.2) is 19.0 Å². The van der Waals surface area contributed by atoms with E-state index in [4.69, 9.17) is 27.9 Å². The van der Waals surface area contributed by atoms with E-state index in [2.05, 4.69) is 5.32 Å². The molecule has 0 unspecified atom stereocenters. The molecule has 0 heterocycles. The fourth-order valence-electron chi connectivity index (χ4n) is 2.42. The molecule has 2 aromatic rings. The van der Waals surface area contributed by atoms with Gasteiger partial charge in [-0.25, -0.2) is 0 Å². The summed E-state index contributed by atoms with van der Waals surface area (Å²) in [5, 5.41) is 14.4. The highest BCUT2D eigenvalue weighted by Crippen LogP contribution is 2.27. The molecule has 5 nitrogen and oxygen atoms in total. The van der Waals surface area contributed by atoms with Gasteiger partial charge in [0.25, 0.3) is 0 Å². The number of hydrogen-bond acceptors (Lipinski definition) is 4. The lowest BCUT2D eigenvalue weighted by atomic mass is 9.94. The van der Waals surface area contributed by atoms with E-state index in [0.29, 0.717) is 21.5 Å². The molecule has 0 bridgehead atoms. The van der Waals surface area contributed by atoms with E-state index < -0.39 is 24.2 Å². The minimum Gasteiger partial charge on any atom is -0.550 e. The molecular weight excluding hydrogens is 365 g/mol. The molecule has 0 aromatic heterocycles. The molecule has 1 amide bonds. The van der Waals surface area contributed by atoms with Gasteiger partial charge in [0.1, 0.15) is 5.75 Å². The number of carboxylic acids is 1. The van der Waals surface area contributed by atoms with Gasteiger partial charge in [0, 0.05) is 16.9 Å². The summed E-state index contributed by atoms with van der Waals surface area (Å²) >= 11 is 11.9. The zero-order chi connectivity index (χ0) is 18.4. The Hall–Kier alpha value is -2.24. The Morgan fingerprint density at radius 3 is 2.60 bits per heavy atom. The Morgan fingerprint density at radius 2 is 1.92 bits per heavy atom. The summed E-state index contributed by atoms with van der Waals surface area (Å²) in [6, 6.07) is 11.8. The Balaban J connectivity index is 2.22. The number of ether oxygens (including phenoxy) is 1. The number of carbonyl (C=O) groups is 2. The fourth-order valence-corrected chi connectivity index (χ4v) is 2.76. The van der Waals surface area contributed by atoms with Crippen molar-refractivity contribution in [3.8, 4) is 5.75 Å². The van der Waals surface area contributed by atoms with E-state index in [1.54, 1.807) is 36.4 Å². The lowest BCUT2D eigenvalue weighted by Gasteiger charge is -2.19. The van der Waals surface area contributed by atoms with Gasteiger partial charge in [-0.05, 0) is 42.7 Å². The molecule has 7 heteroatoms. The van der Waals surface area contributed by atoms with Crippen LogP contribution in [-0.2, 0) is 16.0 Å². The third kappa shape index (κ3) is 5.37. The highest BCUT2D eigenvalue weighted by atomic mass is 35.5. The number of anilines is 1. The number of rotatable bonds is 7. The normalized spacial score (nSPS) is 11.6. The third-order valence-electron chi connectivity index (χ3n) is 3.63. The van der Waals surface area contributed by atoms with E-state index >= 15 is 0 Å². The summed E-state index contributed by atoms with van der Waals surface area (Å²) in [5.41, 5.74) is 1.05. The second kappa shape index (κ2) is 8.74. The van der Waals surface area contributed by atoms with Crippen molar-refractivity contribution in [1.82, 2.24) is 0 Å². The summed E-state index contributed by atoms with van der Waals surface area (Å²) < 4.78 is 5.25. The van der Waals surface area contributed by atoms with Gasteiger partial charge in [-0.1, -0.05) is 41.4 Å². The first-order valence-electron chi connectivity index (χ1n) is 7.48. The van der Waals surface area contributed by atoms with Crippen LogP contribution < -0.4 is 15.2 Å². The first kappa shape index (κ1) is 19.1. The van der Waals surface area contributed by atoms with Crippen LogP contribution in [0.1, 0.15) is 12.0 Å². The molecule has 2 rings (SSSR count). The van der Waals surface area contributed by atoms with E-state index in [-0.39, 0.29) is 6.42 Å². The van der Waals surface area contributed by atoms with Crippen molar-refractivity contribution in [3.63, 3.8) is 0 Å². The zero-order valence-corrected chi connectivity index (χ0v) is 14.9. The zero-order valence-electron chi connectivity index (χ0n) is 13.4. The maximum Gasteiger partial charge on any atom is 0.228 e. The monoisotopic (exact) mass is 380 g/mol. The molecule has 0 fully saturated rings. The summed E-state index contributed by atoms with van der Waals surface area (Å²) in [4.78, 5) is 23.6. The molecule has 132 valence electrons. The fraction of sp³-hybridized carbons (Fsp3) is 0.222. The minimum absolute atomic E-state index is 0.183. The maximum absolute atomic E-state index is 12.6. The number of para-hydroxylation sites is 1. The van der Waals surface area contributed by atoms with Crippen molar-refractivity contribution >= 4 is 40.8 Å². The molecule has 0 saturated carbocycles. The third-order valence-corrected chi connectivity index (χ3v) is 4.19. The molecule has 0 aliphatic rings. The molecule has 0 aliphatic carbocycles. The smallest absolute Gasteiger partial charge is 0.228 e. The van der Waals surface area contributed by atoms with E-state index in [1.165, 1.54) is 13.2 Å². The average molecular weight is 381 g/mol. The second-order valence-corrected chi connectivity index (χ2v) is 6.25. The Bertz CT molecular complexity index is 779. The summed E-state index contributed by atoms with van der Waals surface area (Å²) in [7, 11) is 1.51. The number of halogens is 2. The molecular formula is C18H16Cl2NO4-. The van der Waals surface area contributed by atoms with Gasteiger partial charge in [-0.2, -0.15) is 0 Å². The van der Waals surface area contributed by atoms with Crippen molar-refractivity contribution in [3.05, 3.63) is 58.1 Å². The van der Waals surface area contributed by atoms with Crippen molar-refractivity contribution in [1.29, 1.82) is 0 Å². The van der Waals surface area contributed by atoms with Gasteiger partial charge >= 0.3 is 0 Å². The number of carboxylic acid groups (broad SMARTS) is 1. The largest absolute Gasteiger partial charge is 0.550 e. The molecule has 1 atom stereocenters. The number of methoxy groups -OCH3 is 1. The van der Waals surface area contributed by atoms with E-state index in [1.807, 2.05) is 0 Å². The SMILES string of the molecule is COc1ccccc1C[C@H](CC(=O)[O-])C(=O)Nc1cc(Cl)ccc1Cl. The Labute approximate surface area is 155 Å². The topological polar surface area (TPSA) is 78.5 Å². The van der Waals surface area contributed by atoms with Gasteiger partial charge in [0.15, 0.2) is 0 Å². The lowest BCUT2D eigenvalue weighted by molar-refractivity contribution is -0.306. The van der Waals surface area contributed by atoms with Gasteiger partial charge in [-0.3, -0.25) is 4.79 Å². The first-order chi connectivity index (χ1) is 11.9. The van der Waals surface area contributed by atoms with Crippen LogP contribution in [0.25, 0.3) is 0 Å². The number of carbonyl (C=O) groups excluding carboxylic acids is 2. The predicted molar refractivity (Wildman–Crippen MR) is 94.9 cm³/mol. The molecule has 1 N–H and O–H groups in total. The molecule has 25 heavy (non-hydrogen) atoms. The first-order valence-corrected chi connectivity index (χ1v) is 8.24. The van der Waals surface area contributed by atoms with Crippen LogP contribution >= 0.6 is 23.2 Å². The summed E-state index contributed by atoms with van der Waals surface area (Å²) in [5.74, 6) is -2.07. The molecule has 0 aliphatic heterocycles. The van der Waals surface area contributed by atoms with Gasteiger partial charge in [0.2, 0.25) is 5.91 Å². The molecule has 2 aromatic carbocycles. The van der Waals surface area contributed by atoms with Gasteiger partial charge in [0.05, 0.1) is 17.8 Å². The second-order valence-electron chi connectivity index (χ2n) is 5.40. The van der Waals surface area contributed by atoms with Crippen molar-refractivity contribution in [2.24, 2.45) is 5.92 Å². The van der Waals surface area contributed by atoms with Crippen LogP contribution in [0, 0.1) is 5.92 Å². The van der Waals surface area contributed by atoms with Gasteiger partial charge in [-0.15, -0.1) is 0 Å². The van der Waals surface area contributed by atoms with Crippen LogP contribution in [0.15, 0.2) is 42.5 Å². The minimum atomic E-state index is -1.31. The van der Waals surface area contributed by atoms with Crippen molar-refractivity contribution < 1.29 is 19.4 Å². The highest BCUT2D eigenvalue weighted by Gasteiger charge is 2.22. The van der Waals surface area contributed by atoms with Crippen LogP contribution in [0.4, 0.5) is 5.69 Å². The summed E-state index contributed by atoms with van der Waals surface area (Å²) in [6.45, 7) is 0. The number of hydrogen-bond donors (Lipinski definition) is 1. The van der Waals surface area contributed by atoms with Gasteiger partial charge < -0.3 is 20.0 Å². The van der Waals surface area contributed by atoms with Crippen LogP contribution in [0.3, 0.4) is 0 Å². The quantitative estimate of drug-likeness (QED) is 0.800. The predicted octanol–water partition coefficient (Wildman–Crippen LogP) is 2.94.